The van der Waals surface area contributed by atoms with E-state index in [2.05, 4.69) is 5.10 Å². The fraction of sp³-hybridized carbons (Fsp3) is 0.250. The molecule has 0 radical (unpaired) electrons. The highest BCUT2D eigenvalue weighted by Crippen LogP contribution is 2.12. The van der Waals surface area contributed by atoms with Crippen LogP contribution in [0.3, 0.4) is 0 Å². The van der Waals surface area contributed by atoms with Crippen molar-refractivity contribution in [1.29, 1.82) is 0 Å². The van der Waals surface area contributed by atoms with Crippen molar-refractivity contribution in [1.82, 2.24) is 9.78 Å². The molecule has 2 aromatic rings. The van der Waals surface area contributed by atoms with Crippen molar-refractivity contribution in [2.75, 3.05) is 6.61 Å². The second-order valence-electron chi connectivity index (χ2n) is 3.88. The third-order valence-corrected chi connectivity index (χ3v) is 2.44. The van der Waals surface area contributed by atoms with Crippen LogP contribution in [0.2, 0.25) is 0 Å². The molecule has 1 aromatic heterocycles. The standard InChI is InChI=1S/C12H13N3O3/c1-10-2-4-12(5-3-10)18-7-6-14-9-11(8-13-14)15(16)17/h2-5,8-9H,6-7H2,1H3. The van der Waals surface area contributed by atoms with Crippen molar-refractivity contribution >= 4 is 5.69 Å². The third-order valence-electron chi connectivity index (χ3n) is 2.44. The zero-order chi connectivity index (χ0) is 13.0. The summed E-state index contributed by atoms with van der Waals surface area (Å²) in [6.45, 7) is 2.90. The number of benzene rings is 1. The lowest BCUT2D eigenvalue weighted by atomic mass is 10.2. The summed E-state index contributed by atoms with van der Waals surface area (Å²) in [7, 11) is 0. The number of nitrogens with zero attached hydrogens (tertiary/aromatic N) is 3. The van der Waals surface area contributed by atoms with Crippen molar-refractivity contribution in [2.45, 2.75) is 13.5 Å². The van der Waals surface area contributed by atoms with Gasteiger partial charge in [-0.25, -0.2) is 0 Å². The zero-order valence-electron chi connectivity index (χ0n) is 9.94. The number of hydrogen-bond acceptors (Lipinski definition) is 4. The fourth-order valence-corrected chi connectivity index (χ4v) is 1.46. The summed E-state index contributed by atoms with van der Waals surface area (Å²) in [5.41, 5.74) is 1.16. The van der Waals surface area contributed by atoms with Gasteiger partial charge in [0.25, 0.3) is 0 Å². The van der Waals surface area contributed by atoms with E-state index in [4.69, 9.17) is 4.74 Å². The molecule has 0 saturated carbocycles. The Bertz CT molecular complexity index is 534. The summed E-state index contributed by atoms with van der Waals surface area (Å²) in [4.78, 5) is 9.99. The van der Waals surface area contributed by atoms with Crippen molar-refractivity contribution in [3.63, 3.8) is 0 Å². The zero-order valence-corrected chi connectivity index (χ0v) is 9.94. The van der Waals surface area contributed by atoms with E-state index in [1.54, 1.807) is 0 Å². The van der Waals surface area contributed by atoms with Gasteiger partial charge < -0.3 is 4.74 Å². The van der Waals surface area contributed by atoms with E-state index in [0.717, 1.165) is 5.75 Å². The van der Waals surface area contributed by atoms with Crippen molar-refractivity contribution in [3.05, 3.63) is 52.3 Å². The van der Waals surface area contributed by atoms with Gasteiger partial charge in [0, 0.05) is 0 Å². The maximum Gasteiger partial charge on any atom is 0.306 e. The summed E-state index contributed by atoms with van der Waals surface area (Å²) < 4.78 is 7.00. The molecule has 0 aliphatic rings. The van der Waals surface area contributed by atoms with Crippen molar-refractivity contribution in [3.8, 4) is 5.75 Å². The molecule has 0 amide bonds. The molecule has 0 fully saturated rings. The van der Waals surface area contributed by atoms with Gasteiger partial charge in [0.1, 0.15) is 24.8 Å². The number of aromatic nitrogens is 2. The molecular weight excluding hydrogens is 234 g/mol. The molecule has 6 nitrogen and oxygen atoms in total. The maximum atomic E-state index is 10.5. The summed E-state index contributed by atoms with van der Waals surface area (Å²) in [6, 6.07) is 7.71. The average molecular weight is 247 g/mol. The Kier molecular flexibility index (Phi) is 3.57. The fourth-order valence-electron chi connectivity index (χ4n) is 1.46. The molecule has 0 aliphatic carbocycles. The van der Waals surface area contributed by atoms with E-state index >= 15 is 0 Å². The number of aryl methyl sites for hydroxylation is 1. The number of ether oxygens (including phenoxy) is 1. The van der Waals surface area contributed by atoms with Crippen molar-refractivity contribution in [2.24, 2.45) is 0 Å². The molecule has 0 unspecified atom stereocenters. The SMILES string of the molecule is Cc1ccc(OCCn2cc([N+](=O)[O-])cn2)cc1. The molecule has 0 saturated heterocycles. The Hall–Kier alpha value is -2.37. The van der Waals surface area contributed by atoms with Crippen LogP contribution < -0.4 is 4.74 Å². The Morgan fingerprint density at radius 2 is 2.11 bits per heavy atom. The minimum atomic E-state index is -0.468. The lowest BCUT2D eigenvalue weighted by molar-refractivity contribution is -0.385. The van der Waals surface area contributed by atoms with Crippen LogP contribution >= 0.6 is 0 Å². The smallest absolute Gasteiger partial charge is 0.306 e. The van der Waals surface area contributed by atoms with Gasteiger partial charge in [-0.05, 0) is 19.1 Å². The van der Waals surface area contributed by atoms with Crippen LogP contribution in [-0.2, 0) is 6.54 Å². The molecule has 0 N–H and O–H groups in total. The van der Waals surface area contributed by atoms with Gasteiger partial charge in [-0.15, -0.1) is 0 Å². The maximum absolute atomic E-state index is 10.5. The summed E-state index contributed by atoms with van der Waals surface area (Å²) in [6.07, 6.45) is 2.62. The quantitative estimate of drug-likeness (QED) is 0.599. The molecule has 1 heterocycles. The van der Waals surface area contributed by atoms with Crippen molar-refractivity contribution < 1.29 is 9.66 Å². The van der Waals surface area contributed by atoms with E-state index in [1.165, 1.54) is 22.6 Å². The van der Waals surface area contributed by atoms with Gasteiger partial charge in [-0.1, -0.05) is 17.7 Å². The lowest BCUT2D eigenvalue weighted by Gasteiger charge is -2.06. The highest BCUT2D eigenvalue weighted by atomic mass is 16.6. The van der Waals surface area contributed by atoms with Gasteiger partial charge >= 0.3 is 5.69 Å². The van der Waals surface area contributed by atoms with E-state index in [1.807, 2.05) is 31.2 Å². The topological polar surface area (TPSA) is 70.2 Å². The van der Waals surface area contributed by atoms with Crippen LogP contribution in [0.15, 0.2) is 36.7 Å². The minimum absolute atomic E-state index is 0.00895. The first-order chi connectivity index (χ1) is 8.65. The highest BCUT2D eigenvalue weighted by molar-refractivity contribution is 5.26. The van der Waals surface area contributed by atoms with Gasteiger partial charge in [0.15, 0.2) is 0 Å². The van der Waals surface area contributed by atoms with Crippen LogP contribution in [0, 0.1) is 17.0 Å². The minimum Gasteiger partial charge on any atom is -0.492 e. The first-order valence-electron chi connectivity index (χ1n) is 5.51. The second-order valence-corrected chi connectivity index (χ2v) is 3.88. The molecule has 0 aliphatic heterocycles. The van der Waals surface area contributed by atoms with Crippen LogP contribution in [-0.4, -0.2) is 21.3 Å². The Balaban J connectivity index is 1.84. The first-order valence-corrected chi connectivity index (χ1v) is 5.51. The third kappa shape index (κ3) is 3.07. The molecule has 6 heteroatoms. The lowest BCUT2D eigenvalue weighted by Crippen LogP contribution is -2.08. The second kappa shape index (κ2) is 5.31. The van der Waals surface area contributed by atoms with E-state index in [-0.39, 0.29) is 5.69 Å². The number of hydrogen-bond donors (Lipinski definition) is 0. The molecule has 2 rings (SSSR count). The monoisotopic (exact) mass is 247 g/mol. The van der Waals surface area contributed by atoms with E-state index < -0.39 is 4.92 Å². The average Bonchev–Trinajstić information content (AvgIpc) is 2.81. The highest BCUT2D eigenvalue weighted by Gasteiger charge is 2.08. The Labute approximate surface area is 104 Å². The molecule has 0 spiro atoms. The van der Waals surface area contributed by atoms with Gasteiger partial charge in [0.2, 0.25) is 0 Å². The molecule has 94 valence electrons. The van der Waals surface area contributed by atoms with Crippen LogP contribution in [0.5, 0.6) is 5.75 Å². The number of nitro groups is 1. The molecule has 0 atom stereocenters. The van der Waals surface area contributed by atoms with E-state index in [9.17, 15) is 10.1 Å². The predicted octanol–water partition coefficient (Wildman–Crippen LogP) is 2.18. The molecule has 0 bridgehead atoms. The van der Waals surface area contributed by atoms with Gasteiger partial charge in [0.05, 0.1) is 11.5 Å². The molecular formula is C12H13N3O3. The summed E-state index contributed by atoms with van der Waals surface area (Å²) in [5.74, 6) is 0.780. The van der Waals surface area contributed by atoms with Crippen LogP contribution in [0.1, 0.15) is 5.56 Å². The Morgan fingerprint density at radius 1 is 1.39 bits per heavy atom. The predicted molar refractivity (Wildman–Crippen MR) is 65.6 cm³/mol. The van der Waals surface area contributed by atoms with Crippen LogP contribution in [0.4, 0.5) is 5.69 Å². The molecule has 18 heavy (non-hydrogen) atoms. The molecule has 1 aromatic carbocycles. The number of rotatable bonds is 5. The van der Waals surface area contributed by atoms with E-state index in [0.29, 0.717) is 13.2 Å². The van der Waals surface area contributed by atoms with Gasteiger partial charge in [-0.2, -0.15) is 5.10 Å². The van der Waals surface area contributed by atoms with Crippen LogP contribution in [0.25, 0.3) is 0 Å². The summed E-state index contributed by atoms with van der Waals surface area (Å²) in [5, 5.41) is 14.3. The van der Waals surface area contributed by atoms with Gasteiger partial charge in [-0.3, -0.25) is 14.8 Å². The summed E-state index contributed by atoms with van der Waals surface area (Å²) >= 11 is 0. The Morgan fingerprint density at radius 3 is 2.72 bits per heavy atom. The normalized spacial score (nSPS) is 10.3. The first kappa shape index (κ1) is 12.1. The largest absolute Gasteiger partial charge is 0.492 e.